The van der Waals surface area contributed by atoms with Crippen LogP contribution in [0.5, 0.6) is 0 Å². The summed E-state index contributed by atoms with van der Waals surface area (Å²) in [5, 5.41) is 30.9. The third-order valence-electron chi connectivity index (χ3n) is 12.1. The van der Waals surface area contributed by atoms with E-state index >= 15 is 0 Å². The maximum Gasteiger partial charge on any atom is 0.306 e. The van der Waals surface area contributed by atoms with Gasteiger partial charge in [0.05, 0.1) is 6.61 Å². The summed E-state index contributed by atoms with van der Waals surface area (Å²) in [7, 11) is -4.60. The van der Waals surface area contributed by atoms with Crippen molar-refractivity contribution < 1.29 is 56.8 Å². The Balaban J connectivity index is 2.34. The topological polar surface area (TPSA) is 186 Å². The summed E-state index contributed by atoms with van der Waals surface area (Å²) in [6.07, 6.45) is 35.5. The van der Waals surface area contributed by atoms with Gasteiger partial charge in [-0.1, -0.05) is 199 Å². The highest BCUT2D eigenvalue weighted by Crippen LogP contribution is 2.24. The fourth-order valence-electron chi connectivity index (χ4n) is 8.09. The SMILES string of the molecule is CCCCCC/C=C/CCCCCCCC(=O)OC[C@H](CO[C@H]1O[C@H](CS(=O)(=O)O)[C@@H](O)C(O)C1O)OC(=O)CCCCCCCCCCCCCCCCCCCCCCCC. The van der Waals surface area contributed by atoms with E-state index in [-0.39, 0.29) is 19.4 Å². The van der Waals surface area contributed by atoms with E-state index in [1.54, 1.807) is 0 Å². The molecule has 0 radical (unpaired) electrons. The van der Waals surface area contributed by atoms with Gasteiger partial charge in [-0.25, -0.2) is 0 Å². The van der Waals surface area contributed by atoms with Crippen LogP contribution in [-0.4, -0.2) is 96.0 Å². The second-order valence-corrected chi connectivity index (χ2v) is 19.7. The molecule has 0 aromatic heterocycles. The molecule has 0 saturated carbocycles. The average molecular weight is 919 g/mol. The van der Waals surface area contributed by atoms with Gasteiger partial charge in [0.15, 0.2) is 12.4 Å². The molecule has 2 unspecified atom stereocenters. The van der Waals surface area contributed by atoms with Crippen molar-refractivity contribution in [2.24, 2.45) is 0 Å². The third kappa shape index (κ3) is 35.3. The molecule has 1 fully saturated rings. The number of aliphatic hydroxyl groups excluding tert-OH is 3. The van der Waals surface area contributed by atoms with Gasteiger partial charge in [0.25, 0.3) is 10.1 Å². The summed E-state index contributed by atoms with van der Waals surface area (Å²) in [5.74, 6) is -1.98. The largest absolute Gasteiger partial charge is 0.462 e. The second-order valence-electron chi connectivity index (χ2n) is 18.2. The van der Waals surface area contributed by atoms with Crippen molar-refractivity contribution in [1.29, 1.82) is 0 Å². The van der Waals surface area contributed by atoms with Gasteiger partial charge in [0, 0.05) is 12.8 Å². The average Bonchev–Trinajstić information content (AvgIpc) is 3.25. The number of rotatable bonds is 44. The molecule has 0 aromatic rings. The van der Waals surface area contributed by atoms with E-state index in [1.165, 1.54) is 141 Å². The second kappa shape index (κ2) is 40.6. The summed E-state index contributed by atoms with van der Waals surface area (Å²) in [5.41, 5.74) is 0. The van der Waals surface area contributed by atoms with E-state index in [9.17, 15) is 37.9 Å². The molecule has 4 N–H and O–H groups in total. The van der Waals surface area contributed by atoms with Crippen molar-refractivity contribution in [2.75, 3.05) is 19.0 Å². The molecule has 1 aliphatic rings. The predicted octanol–water partition coefficient (Wildman–Crippen LogP) is 11.4. The number of hydrogen-bond donors (Lipinski definition) is 4. The van der Waals surface area contributed by atoms with E-state index < -0.39 is 71.2 Å². The molecule has 372 valence electrons. The third-order valence-corrected chi connectivity index (χ3v) is 12.8. The van der Waals surface area contributed by atoms with Gasteiger partial charge >= 0.3 is 11.9 Å². The Kier molecular flexibility index (Phi) is 38.3. The molecule has 0 amide bonds. The van der Waals surface area contributed by atoms with Crippen molar-refractivity contribution >= 4 is 22.1 Å². The first-order valence-electron chi connectivity index (χ1n) is 25.7. The smallest absolute Gasteiger partial charge is 0.306 e. The molecule has 1 saturated heterocycles. The van der Waals surface area contributed by atoms with Crippen LogP contribution in [-0.2, 0) is 38.7 Å². The van der Waals surface area contributed by atoms with Crippen molar-refractivity contribution in [3.63, 3.8) is 0 Å². The Morgan fingerprint density at radius 1 is 0.524 bits per heavy atom. The Bertz CT molecular complexity index is 1210. The summed E-state index contributed by atoms with van der Waals surface area (Å²) >= 11 is 0. The maximum absolute atomic E-state index is 12.9. The molecule has 0 aromatic carbocycles. The Labute approximate surface area is 384 Å². The number of hydrogen-bond acceptors (Lipinski definition) is 11. The number of unbranched alkanes of at least 4 members (excludes halogenated alkanes) is 30. The van der Waals surface area contributed by atoms with Gasteiger partial charge in [-0.2, -0.15) is 8.42 Å². The van der Waals surface area contributed by atoms with Crippen LogP contribution in [0.3, 0.4) is 0 Å². The normalized spacial score (nSPS) is 19.7. The number of carbonyl (C=O) groups is 2. The molecule has 13 heteroatoms. The van der Waals surface area contributed by atoms with Crippen molar-refractivity contribution in [1.82, 2.24) is 0 Å². The van der Waals surface area contributed by atoms with E-state index in [0.29, 0.717) is 12.8 Å². The van der Waals surface area contributed by atoms with E-state index in [4.69, 9.17) is 18.9 Å². The molecule has 1 heterocycles. The standard InChI is InChI=1S/C50H94O12S/c1-3-5-7-9-11-13-15-17-18-19-20-21-22-23-24-25-27-29-31-33-35-37-39-46(52)61-43(41-60-50-49(55)48(54)47(53)44(62-50)42-63(56,57)58)40-59-45(51)38-36-34-32-30-28-26-16-14-12-10-8-6-4-2/h14,16,43-44,47-50,53-55H,3-13,15,17-42H2,1-2H3,(H,56,57,58)/b16-14+/t43-,44-,47-,48?,49?,50+/m1/s1. The van der Waals surface area contributed by atoms with E-state index in [1.807, 2.05) is 0 Å². The highest BCUT2D eigenvalue weighted by molar-refractivity contribution is 7.85. The molecule has 63 heavy (non-hydrogen) atoms. The highest BCUT2D eigenvalue weighted by atomic mass is 32.2. The molecule has 1 aliphatic heterocycles. The zero-order valence-corrected chi connectivity index (χ0v) is 40.8. The Morgan fingerprint density at radius 2 is 0.905 bits per heavy atom. The van der Waals surface area contributed by atoms with Crippen LogP contribution in [0.2, 0.25) is 0 Å². The molecule has 1 rings (SSSR count). The molecule has 0 bridgehead atoms. The van der Waals surface area contributed by atoms with Crippen LogP contribution in [0.1, 0.15) is 239 Å². The van der Waals surface area contributed by atoms with Gasteiger partial charge in [-0.05, 0) is 38.5 Å². The first-order valence-corrected chi connectivity index (χ1v) is 27.4. The fourth-order valence-corrected chi connectivity index (χ4v) is 8.78. The first-order chi connectivity index (χ1) is 30.5. The van der Waals surface area contributed by atoms with E-state index in [2.05, 4.69) is 26.0 Å². The zero-order valence-electron chi connectivity index (χ0n) is 40.0. The van der Waals surface area contributed by atoms with Gasteiger partial charge in [-0.3, -0.25) is 14.1 Å². The Hall–Kier alpha value is -1.61. The fraction of sp³-hybridized carbons (Fsp3) is 0.920. The first kappa shape index (κ1) is 59.4. The maximum atomic E-state index is 12.9. The van der Waals surface area contributed by atoms with Gasteiger partial charge < -0.3 is 34.3 Å². The zero-order chi connectivity index (χ0) is 46.2. The predicted molar refractivity (Wildman–Crippen MR) is 252 cm³/mol. The van der Waals surface area contributed by atoms with Crippen molar-refractivity contribution in [2.45, 2.75) is 275 Å². The molecule has 6 atom stereocenters. The molecule has 0 aliphatic carbocycles. The Morgan fingerprint density at radius 3 is 1.33 bits per heavy atom. The summed E-state index contributed by atoms with van der Waals surface area (Å²) in [4.78, 5) is 25.5. The minimum Gasteiger partial charge on any atom is -0.462 e. The molecule has 12 nitrogen and oxygen atoms in total. The monoisotopic (exact) mass is 919 g/mol. The van der Waals surface area contributed by atoms with Crippen LogP contribution < -0.4 is 0 Å². The lowest BCUT2D eigenvalue weighted by atomic mass is 10.00. The van der Waals surface area contributed by atoms with Gasteiger partial charge in [0.1, 0.15) is 36.8 Å². The highest BCUT2D eigenvalue weighted by Gasteiger charge is 2.46. The van der Waals surface area contributed by atoms with Crippen LogP contribution in [0.25, 0.3) is 0 Å². The summed E-state index contributed by atoms with van der Waals surface area (Å²) in [6, 6.07) is 0. The summed E-state index contributed by atoms with van der Waals surface area (Å²) < 4.78 is 54.2. The van der Waals surface area contributed by atoms with Gasteiger partial charge in [-0.15, -0.1) is 0 Å². The number of carbonyl (C=O) groups excluding carboxylic acids is 2. The quantitative estimate of drug-likeness (QED) is 0.0196. The van der Waals surface area contributed by atoms with Crippen LogP contribution in [0, 0.1) is 0 Å². The van der Waals surface area contributed by atoms with Crippen LogP contribution in [0.15, 0.2) is 12.2 Å². The lowest BCUT2D eigenvalue weighted by molar-refractivity contribution is -0.297. The van der Waals surface area contributed by atoms with Gasteiger partial charge in [0.2, 0.25) is 0 Å². The lowest BCUT2D eigenvalue weighted by Gasteiger charge is -2.40. The number of allylic oxidation sites excluding steroid dienone is 2. The summed E-state index contributed by atoms with van der Waals surface area (Å²) in [6.45, 7) is 3.77. The lowest BCUT2D eigenvalue weighted by Crippen LogP contribution is -2.60. The number of esters is 2. The van der Waals surface area contributed by atoms with Crippen LogP contribution in [0.4, 0.5) is 0 Å². The van der Waals surface area contributed by atoms with Crippen molar-refractivity contribution in [3.05, 3.63) is 12.2 Å². The minimum absolute atomic E-state index is 0.169. The minimum atomic E-state index is -4.60. The molecular formula is C50H94O12S. The van der Waals surface area contributed by atoms with E-state index in [0.717, 1.165) is 57.8 Å². The molecular weight excluding hydrogens is 825 g/mol. The van der Waals surface area contributed by atoms with Crippen LogP contribution >= 0.6 is 0 Å². The van der Waals surface area contributed by atoms with Crippen molar-refractivity contribution in [3.8, 4) is 0 Å². The molecule has 0 spiro atoms. The number of aliphatic hydroxyl groups is 3. The number of ether oxygens (including phenoxy) is 4.